The molecule has 0 saturated carbocycles. The highest BCUT2D eigenvalue weighted by atomic mass is 16.3. The first kappa shape index (κ1) is 14.5. The Morgan fingerprint density at radius 2 is 1.68 bits per heavy atom. The van der Waals surface area contributed by atoms with E-state index in [1.807, 2.05) is 60.7 Å². The molecule has 1 aliphatic heterocycles. The van der Waals surface area contributed by atoms with Crippen molar-refractivity contribution in [2.24, 2.45) is 5.41 Å². The summed E-state index contributed by atoms with van der Waals surface area (Å²) in [7, 11) is 0. The predicted molar refractivity (Wildman–Crippen MR) is 87.4 cm³/mol. The Labute approximate surface area is 130 Å². The molecule has 22 heavy (non-hydrogen) atoms. The fraction of sp³-hybridized carbons (Fsp3) is 0.211. The summed E-state index contributed by atoms with van der Waals surface area (Å²) in [5, 5.41) is 10.3. The minimum atomic E-state index is -0.975. The zero-order chi connectivity index (χ0) is 15.7. The van der Waals surface area contributed by atoms with Crippen LogP contribution < -0.4 is 4.90 Å². The van der Waals surface area contributed by atoms with Crippen LogP contribution >= 0.6 is 0 Å². The standard InChI is InChI=1S/C19H19NO2/c1-3-19(14(2)21)17(15-10-6-4-7-11-15)20(18(19)22)16-12-8-5-9-13-16/h3-14,17,21H,1H2,2H3/t14?,17-,19-/m1/s1. The first-order valence-corrected chi connectivity index (χ1v) is 7.38. The smallest absolute Gasteiger partial charge is 0.242 e. The summed E-state index contributed by atoms with van der Waals surface area (Å²) in [5.74, 6) is -0.113. The molecule has 3 rings (SSSR count). The highest BCUT2D eigenvalue weighted by Crippen LogP contribution is 2.54. The average molecular weight is 293 g/mol. The van der Waals surface area contributed by atoms with Crippen molar-refractivity contribution in [2.75, 3.05) is 4.90 Å². The van der Waals surface area contributed by atoms with E-state index < -0.39 is 11.5 Å². The Morgan fingerprint density at radius 3 is 2.18 bits per heavy atom. The van der Waals surface area contributed by atoms with Gasteiger partial charge in [0.25, 0.3) is 0 Å². The second kappa shape index (κ2) is 5.43. The number of amides is 1. The van der Waals surface area contributed by atoms with Crippen LogP contribution in [0.5, 0.6) is 0 Å². The van der Waals surface area contributed by atoms with Gasteiger partial charge >= 0.3 is 0 Å². The van der Waals surface area contributed by atoms with Crippen molar-refractivity contribution in [3.63, 3.8) is 0 Å². The van der Waals surface area contributed by atoms with Crippen LogP contribution in [0, 0.1) is 5.41 Å². The van der Waals surface area contributed by atoms with E-state index >= 15 is 0 Å². The lowest BCUT2D eigenvalue weighted by molar-refractivity contribution is -0.144. The van der Waals surface area contributed by atoms with Crippen LogP contribution in [0.4, 0.5) is 5.69 Å². The van der Waals surface area contributed by atoms with Gasteiger partial charge in [0.2, 0.25) is 5.91 Å². The lowest BCUT2D eigenvalue weighted by Crippen LogP contribution is -2.67. The van der Waals surface area contributed by atoms with Crippen molar-refractivity contribution in [3.8, 4) is 0 Å². The molecule has 1 unspecified atom stereocenters. The van der Waals surface area contributed by atoms with Gasteiger partial charge in [-0.2, -0.15) is 0 Å². The van der Waals surface area contributed by atoms with Gasteiger partial charge < -0.3 is 10.0 Å². The second-order valence-electron chi connectivity index (χ2n) is 5.64. The summed E-state index contributed by atoms with van der Waals surface area (Å²) >= 11 is 0. The van der Waals surface area contributed by atoms with Gasteiger partial charge in [-0.25, -0.2) is 0 Å². The van der Waals surface area contributed by atoms with Crippen LogP contribution in [0.1, 0.15) is 18.5 Å². The summed E-state index contributed by atoms with van der Waals surface area (Å²) in [6.45, 7) is 5.47. The van der Waals surface area contributed by atoms with E-state index in [2.05, 4.69) is 6.58 Å². The number of hydrogen-bond acceptors (Lipinski definition) is 2. The van der Waals surface area contributed by atoms with Crippen molar-refractivity contribution in [3.05, 3.63) is 78.9 Å². The quantitative estimate of drug-likeness (QED) is 0.694. The van der Waals surface area contributed by atoms with Crippen molar-refractivity contribution in [1.29, 1.82) is 0 Å². The molecule has 2 aromatic carbocycles. The van der Waals surface area contributed by atoms with E-state index in [0.29, 0.717) is 0 Å². The minimum Gasteiger partial charge on any atom is -0.392 e. The topological polar surface area (TPSA) is 40.5 Å². The maximum atomic E-state index is 12.8. The molecule has 0 bridgehead atoms. The molecule has 0 radical (unpaired) electrons. The lowest BCUT2D eigenvalue weighted by Gasteiger charge is -2.56. The Kier molecular flexibility index (Phi) is 3.59. The lowest BCUT2D eigenvalue weighted by atomic mass is 9.64. The highest BCUT2D eigenvalue weighted by Gasteiger charge is 2.62. The Bertz CT molecular complexity index is 681. The molecule has 0 spiro atoms. The van der Waals surface area contributed by atoms with Gasteiger partial charge in [-0.05, 0) is 24.6 Å². The summed E-state index contributed by atoms with van der Waals surface area (Å²) < 4.78 is 0. The Balaban J connectivity index is 2.12. The SMILES string of the molecule is C=C[C@]1(C(C)O)C(=O)N(c2ccccc2)[C@@H]1c1ccccc1. The average Bonchev–Trinajstić information content (AvgIpc) is 2.55. The number of anilines is 1. The molecular weight excluding hydrogens is 274 g/mol. The molecule has 0 aromatic heterocycles. The van der Waals surface area contributed by atoms with E-state index in [-0.39, 0.29) is 11.9 Å². The Morgan fingerprint density at radius 1 is 1.14 bits per heavy atom. The van der Waals surface area contributed by atoms with Crippen molar-refractivity contribution < 1.29 is 9.90 Å². The van der Waals surface area contributed by atoms with Crippen LogP contribution in [0.15, 0.2) is 73.3 Å². The number of aliphatic hydroxyl groups excluding tert-OH is 1. The normalized spacial score (nSPS) is 25.5. The summed E-state index contributed by atoms with van der Waals surface area (Å²) in [6, 6.07) is 19.1. The zero-order valence-electron chi connectivity index (χ0n) is 12.5. The van der Waals surface area contributed by atoms with E-state index in [0.717, 1.165) is 11.3 Å². The molecule has 1 aliphatic rings. The maximum Gasteiger partial charge on any atom is 0.242 e. The molecule has 3 nitrogen and oxygen atoms in total. The van der Waals surface area contributed by atoms with E-state index in [9.17, 15) is 9.90 Å². The molecule has 0 aliphatic carbocycles. The zero-order valence-corrected chi connectivity index (χ0v) is 12.5. The molecule has 1 amide bonds. The van der Waals surface area contributed by atoms with Gasteiger partial charge in [0.05, 0.1) is 12.1 Å². The first-order chi connectivity index (χ1) is 10.6. The number of para-hydroxylation sites is 1. The number of carbonyl (C=O) groups is 1. The van der Waals surface area contributed by atoms with Crippen LogP contribution in [-0.2, 0) is 4.79 Å². The van der Waals surface area contributed by atoms with Gasteiger partial charge in [-0.1, -0.05) is 54.6 Å². The molecule has 3 heteroatoms. The molecule has 1 heterocycles. The number of aliphatic hydroxyl groups is 1. The largest absolute Gasteiger partial charge is 0.392 e. The number of nitrogens with zero attached hydrogens (tertiary/aromatic N) is 1. The second-order valence-corrected chi connectivity index (χ2v) is 5.64. The van der Waals surface area contributed by atoms with Crippen LogP contribution in [0.2, 0.25) is 0 Å². The molecule has 2 aromatic rings. The van der Waals surface area contributed by atoms with Crippen LogP contribution in [0.25, 0.3) is 0 Å². The van der Waals surface area contributed by atoms with E-state index in [4.69, 9.17) is 0 Å². The summed E-state index contributed by atoms with van der Waals surface area (Å²) in [6.07, 6.45) is 0.791. The molecule has 3 atom stereocenters. The maximum absolute atomic E-state index is 12.8. The van der Waals surface area contributed by atoms with Crippen molar-refractivity contribution >= 4 is 11.6 Å². The van der Waals surface area contributed by atoms with Gasteiger partial charge in [0.1, 0.15) is 5.41 Å². The number of β-lactam (4-membered cyclic amide) rings is 1. The van der Waals surface area contributed by atoms with Gasteiger partial charge in [-0.15, -0.1) is 6.58 Å². The molecule has 112 valence electrons. The number of rotatable bonds is 4. The number of benzene rings is 2. The number of hydrogen-bond donors (Lipinski definition) is 1. The fourth-order valence-electron chi connectivity index (χ4n) is 3.28. The summed E-state index contributed by atoms with van der Waals surface area (Å²) in [4.78, 5) is 14.6. The molecule has 1 saturated heterocycles. The van der Waals surface area contributed by atoms with E-state index in [1.165, 1.54) is 0 Å². The van der Waals surface area contributed by atoms with E-state index in [1.54, 1.807) is 17.9 Å². The van der Waals surface area contributed by atoms with Gasteiger partial charge in [-0.3, -0.25) is 4.79 Å². The Hall–Kier alpha value is -2.39. The van der Waals surface area contributed by atoms with Gasteiger partial charge in [0, 0.05) is 5.69 Å². The third-order valence-electron chi connectivity index (χ3n) is 4.48. The third-order valence-corrected chi connectivity index (χ3v) is 4.48. The third kappa shape index (κ3) is 1.90. The van der Waals surface area contributed by atoms with Crippen molar-refractivity contribution in [1.82, 2.24) is 0 Å². The number of carbonyl (C=O) groups excluding carboxylic acids is 1. The minimum absolute atomic E-state index is 0.113. The molecule has 1 fully saturated rings. The first-order valence-electron chi connectivity index (χ1n) is 7.38. The van der Waals surface area contributed by atoms with Crippen molar-refractivity contribution in [2.45, 2.75) is 19.1 Å². The summed E-state index contributed by atoms with van der Waals surface area (Å²) in [5.41, 5.74) is 0.850. The van der Waals surface area contributed by atoms with Crippen LogP contribution in [0.3, 0.4) is 0 Å². The predicted octanol–water partition coefficient (Wildman–Crippen LogP) is 3.33. The molecular formula is C19H19NO2. The van der Waals surface area contributed by atoms with Gasteiger partial charge in [0.15, 0.2) is 0 Å². The highest BCUT2D eigenvalue weighted by molar-refractivity contribution is 6.08. The molecule has 1 N–H and O–H groups in total. The monoisotopic (exact) mass is 293 g/mol. The fourth-order valence-corrected chi connectivity index (χ4v) is 3.28. The van der Waals surface area contributed by atoms with Crippen LogP contribution in [-0.4, -0.2) is 17.1 Å².